The predicted molar refractivity (Wildman–Crippen MR) is 118 cm³/mol. The molecular formula is C22H27N3O6. The molecule has 3 amide bonds. The van der Waals surface area contributed by atoms with E-state index in [0.717, 1.165) is 24.1 Å². The molecule has 2 aromatic carbocycles. The number of aryl methyl sites for hydroxylation is 1. The van der Waals surface area contributed by atoms with Crippen molar-refractivity contribution in [1.82, 2.24) is 0 Å². The molecule has 9 nitrogen and oxygen atoms in total. The van der Waals surface area contributed by atoms with Crippen molar-refractivity contribution in [3.8, 4) is 17.2 Å². The number of fused-ring (bicyclic) bond motifs is 1. The third kappa shape index (κ3) is 5.00. The molecule has 2 aromatic rings. The number of anilines is 3. The molecule has 0 radical (unpaired) electrons. The lowest BCUT2D eigenvalue weighted by molar-refractivity contribution is -0.122. The fraction of sp³-hybridized carbons (Fsp3) is 0.364. The van der Waals surface area contributed by atoms with Crippen LogP contribution in [0.4, 0.5) is 21.9 Å². The maximum absolute atomic E-state index is 12.6. The van der Waals surface area contributed by atoms with Crippen molar-refractivity contribution in [2.24, 2.45) is 0 Å². The van der Waals surface area contributed by atoms with Crippen LogP contribution in [0, 0.1) is 0 Å². The number of ether oxygens (including phenoxy) is 4. The number of methoxy groups -OCH3 is 4. The Morgan fingerprint density at radius 1 is 0.935 bits per heavy atom. The molecule has 0 unspecified atom stereocenters. The van der Waals surface area contributed by atoms with Crippen molar-refractivity contribution in [1.29, 1.82) is 0 Å². The van der Waals surface area contributed by atoms with Gasteiger partial charge in [0, 0.05) is 37.2 Å². The van der Waals surface area contributed by atoms with E-state index in [1.165, 1.54) is 28.4 Å². The van der Waals surface area contributed by atoms with Crippen LogP contribution in [-0.4, -0.2) is 53.5 Å². The largest absolute Gasteiger partial charge is 0.493 e. The Bertz CT molecular complexity index is 937. The normalized spacial score (nSPS) is 12.6. The molecule has 0 aliphatic carbocycles. The Kier molecular flexibility index (Phi) is 7.19. The van der Waals surface area contributed by atoms with Gasteiger partial charge in [-0.2, -0.15) is 0 Å². The zero-order valence-electron chi connectivity index (χ0n) is 18.1. The van der Waals surface area contributed by atoms with E-state index in [0.29, 0.717) is 35.2 Å². The summed E-state index contributed by atoms with van der Waals surface area (Å²) < 4.78 is 20.9. The summed E-state index contributed by atoms with van der Waals surface area (Å²) in [6.45, 7) is 0.634. The lowest BCUT2D eigenvalue weighted by atomic mass is 10.0. The van der Waals surface area contributed by atoms with Gasteiger partial charge in [0.05, 0.1) is 27.0 Å². The molecule has 0 saturated heterocycles. The molecule has 0 bridgehead atoms. The number of carbonyl (C=O) groups is 2. The summed E-state index contributed by atoms with van der Waals surface area (Å²) in [6, 6.07) is 8.38. The zero-order valence-corrected chi connectivity index (χ0v) is 18.1. The molecule has 2 N–H and O–H groups in total. The molecule has 0 fully saturated rings. The summed E-state index contributed by atoms with van der Waals surface area (Å²) in [5, 5.41) is 5.56. The highest BCUT2D eigenvalue weighted by Gasteiger charge is 2.23. The van der Waals surface area contributed by atoms with Gasteiger partial charge in [0.15, 0.2) is 11.5 Å². The van der Waals surface area contributed by atoms with Gasteiger partial charge in [0.25, 0.3) is 5.91 Å². The number of benzene rings is 2. The predicted octanol–water partition coefficient (Wildman–Crippen LogP) is 3.28. The second kappa shape index (κ2) is 10.0. The molecule has 1 aliphatic heterocycles. The fourth-order valence-corrected chi connectivity index (χ4v) is 3.56. The SMILES string of the molecule is COCC(=O)N1CCCc2ccc(NC(=O)Nc3cc(OC)c(OC)c(OC)c3)cc21. The topological polar surface area (TPSA) is 98.4 Å². The van der Waals surface area contributed by atoms with Gasteiger partial charge in [-0.05, 0) is 30.5 Å². The van der Waals surface area contributed by atoms with Gasteiger partial charge >= 0.3 is 6.03 Å². The second-order valence-electron chi connectivity index (χ2n) is 6.92. The number of hydrogen-bond acceptors (Lipinski definition) is 6. The summed E-state index contributed by atoms with van der Waals surface area (Å²) in [5.74, 6) is 1.19. The summed E-state index contributed by atoms with van der Waals surface area (Å²) in [5.41, 5.74) is 2.90. The Morgan fingerprint density at radius 2 is 1.61 bits per heavy atom. The number of urea groups is 1. The highest BCUT2D eigenvalue weighted by molar-refractivity contribution is 6.01. The quantitative estimate of drug-likeness (QED) is 0.701. The lowest BCUT2D eigenvalue weighted by Crippen LogP contribution is -2.37. The lowest BCUT2D eigenvalue weighted by Gasteiger charge is -2.29. The van der Waals surface area contributed by atoms with Crippen LogP contribution in [0.2, 0.25) is 0 Å². The first-order valence-electron chi connectivity index (χ1n) is 9.81. The Morgan fingerprint density at radius 3 is 2.23 bits per heavy atom. The Labute approximate surface area is 181 Å². The van der Waals surface area contributed by atoms with E-state index in [-0.39, 0.29) is 12.5 Å². The minimum Gasteiger partial charge on any atom is -0.493 e. The van der Waals surface area contributed by atoms with Gasteiger partial charge in [-0.25, -0.2) is 4.79 Å². The number of nitrogens with one attached hydrogen (secondary N) is 2. The van der Waals surface area contributed by atoms with Crippen LogP contribution in [0.1, 0.15) is 12.0 Å². The van der Waals surface area contributed by atoms with Gasteiger partial charge in [-0.3, -0.25) is 4.79 Å². The van der Waals surface area contributed by atoms with Crippen LogP contribution in [-0.2, 0) is 16.0 Å². The first-order valence-corrected chi connectivity index (χ1v) is 9.81. The molecule has 1 aliphatic rings. The molecule has 166 valence electrons. The molecule has 0 aromatic heterocycles. The maximum atomic E-state index is 12.6. The molecule has 1 heterocycles. The minimum absolute atomic E-state index is 0.0126. The number of hydrogen-bond donors (Lipinski definition) is 2. The molecule has 0 saturated carbocycles. The molecule has 31 heavy (non-hydrogen) atoms. The van der Waals surface area contributed by atoms with E-state index >= 15 is 0 Å². The van der Waals surface area contributed by atoms with E-state index in [1.54, 1.807) is 23.1 Å². The number of rotatable bonds is 7. The minimum atomic E-state index is -0.445. The maximum Gasteiger partial charge on any atom is 0.323 e. The molecule has 0 spiro atoms. The average molecular weight is 429 g/mol. The smallest absolute Gasteiger partial charge is 0.323 e. The average Bonchev–Trinajstić information content (AvgIpc) is 2.77. The van der Waals surface area contributed by atoms with Crippen LogP contribution in [0.15, 0.2) is 30.3 Å². The van der Waals surface area contributed by atoms with Crippen LogP contribution >= 0.6 is 0 Å². The third-order valence-electron chi connectivity index (χ3n) is 4.95. The van der Waals surface area contributed by atoms with E-state index < -0.39 is 6.03 Å². The van der Waals surface area contributed by atoms with Crippen LogP contribution in [0.5, 0.6) is 17.2 Å². The number of carbonyl (C=O) groups excluding carboxylic acids is 2. The standard InChI is InChI=1S/C22H27N3O6/c1-28-13-20(26)25-9-5-6-14-7-8-15(10-17(14)25)23-22(27)24-16-11-18(29-2)21(31-4)19(12-16)30-3/h7-8,10-12H,5-6,9,13H2,1-4H3,(H2,23,24,27). The first-order chi connectivity index (χ1) is 15.0. The number of amides is 3. The van der Waals surface area contributed by atoms with Crippen LogP contribution in [0.25, 0.3) is 0 Å². The van der Waals surface area contributed by atoms with Crippen molar-refractivity contribution in [2.75, 3.05) is 57.1 Å². The summed E-state index contributed by atoms with van der Waals surface area (Å²) in [7, 11) is 6.01. The Hall–Kier alpha value is -3.46. The van der Waals surface area contributed by atoms with E-state index in [2.05, 4.69) is 10.6 Å². The Balaban J connectivity index is 1.77. The molecule has 0 atom stereocenters. The first kappa shape index (κ1) is 22.2. The fourth-order valence-electron chi connectivity index (χ4n) is 3.56. The van der Waals surface area contributed by atoms with Gasteiger partial charge in [0.1, 0.15) is 6.61 Å². The van der Waals surface area contributed by atoms with Gasteiger partial charge < -0.3 is 34.5 Å². The molecular weight excluding hydrogens is 402 g/mol. The summed E-state index contributed by atoms with van der Waals surface area (Å²) in [4.78, 5) is 26.7. The second-order valence-corrected chi connectivity index (χ2v) is 6.92. The van der Waals surface area contributed by atoms with Gasteiger partial charge in [-0.1, -0.05) is 6.07 Å². The zero-order chi connectivity index (χ0) is 22.4. The van der Waals surface area contributed by atoms with Gasteiger partial charge in [-0.15, -0.1) is 0 Å². The highest BCUT2D eigenvalue weighted by Crippen LogP contribution is 2.40. The van der Waals surface area contributed by atoms with Crippen molar-refractivity contribution < 1.29 is 28.5 Å². The number of nitrogens with zero attached hydrogens (tertiary/aromatic N) is 1. The summed E-state index contributed by atoms with van der Waals surface area (Å²) in [6.07, 6.45) is 1.76. The van der Waals surface area contributed by atoms with Crippen molar-refractivity contribution in [3.05, 3.63) is 35.9 Å². The molecule has 3 rings (SSSR count). The highest BCUT2D eigenvalue weighted by atomic mass is 16.5. The summed E-state index contributed by atoms with van der Waals surface area (Å²) >= 11 is 0. The third-order valence-corrected chi connectivity index (χ3v) is 4.95. The van der Waals surface area contributed by atoms with E-state index in [4.69, 9.17) is 18.9 Å². The van der Waals surface area contributed by atoms with E-state index in [1.807, 2.05) is 12.1 Å². The monoisotopic (exact) mass is 429 g/mol. The van der Waals surface area contributed by atoms with Crippen LogP contribution < -0.4 is 29.7 Å². The van der Waals surface area contributed by atoms with Crippen molar-refractivity contribution in [3.63, 3.8) is 0 Å². The van der Waals surface area contributed by atoms with E-state index in [9.17, 15) is 9.59 Å². The van der Waals surface area contributed by atoms with Gasteiger partial charge in [0.2, 0.25) is 5.75 Å². The van der Waals surface area contributed by atoms with Crippen molar-refractivity contribution in [2.45, 2.75) is 12.8 Å². The van der Waals surface area contributed by atoms with Crippen molar-refractivity contribution >= 4 is 29.0 Å². The molecule has 9 heteroatoms. The van der Waals surface area contributed by atoms with Crippen LogP contribution in [0.3, 0.4) is 0 Å².